The number of carbonyl (C=O) groups excluding carboxylic acids is 1. The van der Waals surface area contributed by atoms with E-state index >= 15 is 0 Å². The van der Waals surface area contributed by atoms with Crippen LogP contribution in [0.4, 0.5) is 0 Å². The Bertz CT molecular complexity index is 287. The van der Waals surface area contributed by atoms with Gasteiger partial charge in [-0.15, -0.1) is 0 Å². The van der Waals surface area contributed by atoms with Crippen molar-refractivity contribution >= 4 is 17.5 Å². The first-order valence-electron chi connectivity index (χ1n) is 4.80. The molecule has 0 bridgehead atoms. The highest BCUT2D eigenvalue weighted by molar-refractivity contribution is 7.99. The minimum Gasteiger partial charge on any atom is -0.298 e. The number of pyridine rings is 1. The van der Waals surface area contributed by atoms with Gasteiger partial charge in [-0.1, -0.05) is 31.7 Å². The highest BCUT2D eigenvalue weighted by Gasteiger charge is 2.10. The Morgan fingerprint density at radius 1 is 1.57 bits per heavy atom. The van der Waals surface area contributed by atoms with E-state index in [2.05, 4.69) is 4.98 Å². The van der Waals surface area contributed by atoms with Crippen molar-refractivity contribution in [2.45, 2.75) is 25.3 Å². The topological polar surface area (TPSA) is 30.0 Å². The van der Waals surface area contributed by atoms with E-state index in [1.54, 1.807) is 6.20 Å². The van der Waals surface area contributed by atoms with Crippen LogP contribution in [0.25, 0.3) is 0 Å². The SMILES string of the molecule is CCC(C)C(=O)CSc1ccccn1. The van der Waals surface area contributed by atoms with Crippen molar-refractivity contribution in [1.82, 2.24) is 4.98 Å². The van der Waals surface area contributed by atoms with Crippen molar-refractivity contribution in [3.63, 3.8) is 0 Å². The van der Waals surface area contributed by atoms with Crippen LogP contribution in [0.1, 0.15) is 20.3 Å². The highest BCUT2D eigenvalue weighted by atomic mass is 32.2. The molecule has 1 aromatic rings. The van der Waals surface area contributed by atoms with Crippen LogP contribution in [-0.4, -0.2) is 16.5 Å². The van der Waals surface area contributed by atoms with Crippen molar-refractivity contribution in [3.8, 4) is 0 Å². The van der Waals surface area contributed by atoms with Crippen LogP contribution >= 0.6 is 11.8 Å². The van der Waals surface area contributed by atoms with Crippen LogP contribution in [0.5, 0.6) is 0 Å². The van der Waals surface area contributed by atoms with Gasteiger partial charge in [0, 0.05) is 12.1 Å². The van der Waals surface area contributed by atoms with Crippen LogP contribution in [0.2, 0.25) is 0 Å². The Morgan fingerprint density at radius 3 is 2.93 bits per heavy atom. The lowest BCUT2D eigenvalue weighted by atomic mass is 10.1. The summed E-state index contributed by atoms with van der Waals surface area (Å²) in [5.74, 6) is 1.01. The van der Waals surface area contributed by atoms with Crippen molar-refractivity contribution in [2.24, 2.45) is 5.92 Å². The maximum absolute atomic E-state index is 11.5. The Morgan fingerprint density at radius 2 is 2.36 bits per heavy atom. The number of thioether (sulfide) groups is 1. The second-order valence-corrected chi connectivity index (χ2v) is 4.23. The molecule has 76 valence electrons. The third-order valence-electron chi connectivity index (χ3n) is 2.16. The van der Waals surface area contributed by atoms with Gasteiger partial charge in [0.2, 0.25) is 0 Å². The molecule has 1 aromatic heterocycles. The van der Waals surface area contributed by atoms with Gasteiger partial charge in [0.05, 0.1) is 10.8 Å². The minimum atomic E-state index is 0.172. The first-order chi connectivity index (χ1) is 6.74. The van der Waals surface area contributed by atoms with Gasteiger partial charge in [0.1, 0.15) is 5.78 Å². The molecule has 0 saturated carbocycles. The Kier molecular flexibility index (Phi) is 4.66. The molecule has 3 heteroatoms. The molecule has 2 nitrogen and oxygen atoms in total. The van der Waals surface area contributed by atoms with Crippen LogP contribution in [0, 0.1) is 5.92 Å². The van der Waals surface area contributed by atoms with E-state index in [0.717, 1.165) is 11.4 Å². The molecule has 1 rings (SSSR count). The van der Waals surface area contributed by atoms with E-state index in [4.69, 9.17) is 0 Å². The molecule has 14 heavy (non-hydrogen) atoms. The molecule has 1 heterocycles. The van der Waals surface area contributed by atoms with Crippen LogP contribution in [-0.2, 0) is 4.79 Å². The zero-order chi connectivity index (χ0) is 10.4. The molecule has 0 spiro atoms. The van der Waals surface area contributed by atoms with Gasteiger partial charge in [-0.3, -0.25) is 4.79 Å². The fourth-order valence-electron chi connectivity index (χ4n) is 0.947. The number of nitrogens with zero attached hydrogens (tertiary/aromatic N) is 1. The molecular weight excluding hydrogens is 194 g/mol. The average Bonchev–Trinajstić information content (AvgIpc) is 2.26. The van der Waals surface area contributed by atoms with Crippen molar-refractivity contribution < 1.29 is 4.79 Å². The summed E-state index contributed by atoms with van der Waals surface area (Å²) in [6, 6.07) is 5.73. The second-order valence-electron chi connectivity index (χ2n) is 3.23. The number of hydrogen-bond acceptors (Lipinski definition) is 3. The number of rotatable bonds is 5. The predicted octanol–water partition coefficient (Wildman–Crippen LogP) is 2.79. The zero-order valence-corrected chi connectivity index (χ0v) is 9.38. The Hall–Kier alpha value is -0.830. The predicted molar refractivity (Wildman–Crippen MR) is 59.4 cm³/mol. The van der Waals surface area contributed by atoms with E-state index < -0.39 is 0 Å². The number of hydrogen-bond donors (Lipinski definition) is 0. The number of aromatic nitrogens is 1. The van der Waals surface area contributed by atoms with Gasteiger partial charge in [0.15, 0.2) is 0 Å². The van der Waals surface area contributed by atoms with Gasteiger partial charge in [-0.25, -0.2) is 4.98 Å². The summed E-state index contributed by atoms with van der Waals surface area (Å²) in [6.45, 7) is 4.01. The first kappa shape index (κ1) is 11.2. The molecule has 1 atom stereocenters. The quantitative estimate of drug-likeness (QED) is 0.698. The largest absolute Gasteiger partial charge is 0.298 e. The van der Waals surface area contributed by atoms with Crippen LogP contribution in [0.3, 0.4) is 0 Å². The summed E-state index contributed by atoms with van der Waals surface area (Å²) in [4.78, 5) is 15.6. The second kappa shape index (κ2) is 5.81. The fourth-order valence-corrected chi connectivity index (χ4v) is 1.83. The lowest BCUT2D eigenvalue weighted by molar-refractivity contribution is -0.119. The highest BCUT2D eigenvalue weighted by Crippen LogP contribution is 2.16. The maximum Gasteiger partial charge on any atom is 0.145 e. The Balaban J connectivity index is 2.38. The molecule has 1 unspecified atom stereocenters. The van der Waals surface area contributed by atoms with Crippen molar-refractivity contribution in [3.05, 3.63) is 24.4 Å². The molecule has 0 aliphatic rings. The molecule has 0 aliphatic heterocycles. The summed E-state index contributed by atoms with van der Waals surface area (Å²) >= 11 is 1.51. The van der Waals surface area contributed by atoms with Gasteiger partial charge < -0.3 is 0 Å². The summed E-state index contributed by atoms with van der Waals surface area (Å²) in [5.41, 5.74) is 0. The molecule has 0 amide bonds. The van der Waals surface area contributed by atoms with Crippen LogP contribution in [0.15, 0.2) is 29.4 Å². The molecule has 0 radical (unpaired) electrons. The summed E-state index contributed by atoms with van der Waals surface area (Å²) < 4.78 is 0. The molecule has 0 saturated heterocycles. The summed E-state index contributed by atoms with van der Waals surface area (Å²) in [6.07, 6.45) is 2.66. The standard InChI is InChI=1S/C11H15NOS/c1-3-9(2)10(13)8-14-11-6-4-5-7-12-11/h4-7,9H,3,8H2,1-2H3. The molecule has 0 fully saturated rings. The average molecular weight is 209 g/mol. The number of carbonyl (C=O) groups is 1. The van der Waals surface area contributed by atoms with Crippen molar-refractivity contribution in [1.29, 1.82) is 0 Å². The monoisotopic (exact) mass is 209 g/mol. The summed E-state index contributed by atoms with van der Waals surface area (Å²) in [7, 11) is 0. The van der Waals surface area contributed by atoms with Gasteiger partial charge in [0.25, 0.3) is 0 Å². The Labute approximate surface area is 89.1 Å². The lowest BCUT2D eigenvalue weighted by Gasteiger charge is -2.05. The maximum atomic E-state index is 11.5. The van der Waals surface area contributed by atoms with E-state index in [1.807, 2.05) is 32.0 Å². The van der Waals surface area contributed by atoms with Crippen molar-refractivity contribution in [2.75, 3.05) is 5.75 Å². The fraction of sp³-hybridized carbons (Fsp3) is 0.455. The van der Waals surface area contributed by atoms with Gasteiger partial charge in [-0.2, -0.15) is 0 Å². The van der Waals surface area contributed by atoms with E-state index in [-0.39, 0.29) is 5.92 Å². The van der Waals surface area contributed by atoms with E-state index in [1.165, 1.54) is 11.8 Å². The lowest BCUT2D eigenvalue weighted by Crippen LogP contribution is -2.12. The molecular formula is C11H15NOS. The van der Waals surface area contributed by atoms with Gasteiger partial charge in [-0.05, 0) is 18.6 Å². The smallest absolute Gasteiger partial charge is 0.145 e. The number of ketones is 1. The number of Topliss-reactive ketones (excluding diaryl/α,β-unsaturated/α-hetero) is 1. The third kappa shape index (κ3) is 3.50. The summed E-state index contributed by atoms with van der Waals surface area (Å²) in [5, 5.41) is 0.921. The zero-order valence-electron chi connectivity index (χ0n) is 8.56. The normalized spacial score (nSPS) is 12.4. The minimum absolute atomic E-state index is 0.172. The third-order valence-corrected chi connectivity index (χ3v) is 3.13. The van der Waals surface area contributed by atoms with Crippen LogP contribution < -0.4 is 0 Å². The van der Waals surface area contributed by atoms with E-state index in [0.29, 0.717) is 11.5 Å². The van der Waals surface area contributed by atoms with Gasteiger partial charge >= 0.3 is 0 Å². The van der Waals surface area contributed by atoms with E-state index in [9.17, 15) is 4.79 Å². The molecule has 0 aliphatic carbocycles. The molecule has 0 N–H and O–H groups in total. The molecule has 0 aromatic carbocycles. The first-order valence-corrected chi connectivity index (χ1v) is 5.79.